The molecule has 6 heteroatoms. The fraction of sp³-hybridized carbons (Fsp3) is 0.160. The molecule has 156 valence electrons. The van der Waals surface area contributed by atoms with Gasteiger partial charge in [-0.15, -0.1) is 0 Å². The van der Waals surface area contributed by atoms with Gasteiger partial charge in [-0.2, -0.15) is 0 Å². The molecule has 0 aromatic heterocycles. The maximum atomic E-state index is 13.1. The van der Waals surface area contributed by atoms with Gasteiger partial charge in [0.1, 0.15) is 6.54 Å². The van der Waals surface area contributed by atoms with Gasteiger partial charge >= 0.3 is 0 Å². The van der Waals surface area contributed by atoms with Crippen molar-refractivity contribution in [1.29, 1.82) is 0 Å². The molecule has 3 aromatic carbocycles. The van der Waals surface area contributed by atoms with Gasteiger partial charge in [0.25, 0.3) is 0 Å². The van der Waals surface area contributed by atoms with Crippen LogP contribution in [0.5, 0.6) is 0 Å². The summed E-state index contributed by atoms with van der Waals surface area (Å²) in [5.74, 6) is -0.400. The van der Waals surface area contributed by atoms with E-state index in [1.807, 2.05) is 67.6 Å². The second-order valence-corrected chi connectivity index (χ2v) is 7.91. The fourth-order valence-electron chi connectivity index (χ4n) is 3.43. The van der Waals surface area contributed by atoms with E-state index in [9.17, 15) is 9.59 Å². The number of nitrogens with zero attached hydrogens (tertiary/aromatic N) is 2. The average molecular weight is 432 g/mol. The van der Waals surface area contributed by atoms with Gasteiger partial charge in [-0.05, 0) is 42.3 Å². The van der Waals surface area contributed by atoms with Gasteiger partial charge in [0.05, 0.1) is 23.5 Å². The SMILES string of the molecule is Cc1ccc(C2=Nc3ccccc3N(CC(=O)NCc3ccc(Cl)cc3)C(=O)C2)cc1. The van der Waals surface area contributed by atoms with Crippen LogP contribution < -0.4 is 10.2 Å². The molecule has 2 amide bonds. The van der Waals surface area contributed by atoms with Crippen LogP contribution in [0.1, 0.15) is 23.1 Å². The summed E-state index contributed by atoms with van der Waals surface area (Å²) in [6, 6.07) is 22.6. The van der Waals surface area contributed by atoms with Crippen LogP contribution in [-0.2, 0) is 16.1 Å². The van der Waals surface area contributed by atoms with Crippen LogP contribution in [0.4, 0.5) is 11.4 Å². The lowest BCUT2D eigenvalue weighted by Gasteiger charge is -2.22. The molecule has 31 heavy (non-hydrogen) atoms. The Morgan fingerprint density at radius 1 is 1.03 bits per heavy atom. The maximum absolute atomic E-state index is 13.1. The molecule has 0 saturated heterocycles. The molecule has 5 nitrogen and oxygen atoms in total. The van der Waals surface area contributed by atoms with Crippen LogP contribution >= 0.6 is 11.6 Å². The second kappa shape index (κ2) is 9.14. The quantitative estimate of drug-likeness (QED) is 0.629. The highest BCUT2D eigenvalue weighted by Crippen LogP contribution is 2.32. The molecule has 0 saturated carbocycles. The third-order valence-corrected chi connectivity index (χ3v) is 5.39. The van der Waals surface area contributed by atoms with E-state index < -0.39 is 0 Å². The Bertz CT molecular complexity index is 1140. The summed E-state index contributed by atoms with van der Waals surface area (Å²) in [5.41, 5.74) is 4.99. The number of aliphatic imine (C=N–C) groups is 1. The number of hydrogen-bond acceptors (Lipinski definition) is 3. The number of hydrogen-bond donors (Lipinski definition) is 1. The van der Waals surface area contributed by atoms with Gasteiger partial charge in [0, 0.05) is 11.6 Å². The van der Waals surface area contributed by atoms with Crippen LogP contribution in [0, 0.1) is 6.92 Å². The first-order valence-corrected chi connectivity index (χ1v) is 10.4. The van der Waals surface area contributed by atoms with Crippen molar-refractivity contribution in [2.75, 3.05) is 11.4 Å². The first-order valence-electron chi connectivity index (χ1n) is 10.0. The van der Waals surface area contributed by atoms with Gasteiger partial charge in [0.15, 0.2) is 0 Å². The second-order valence-electron chi connectivity index (χ2n) is 7.47. The minimum atomic E-state index is -0.239. The van der Waals surface area contributed by atoms with E-state index in [-0.39, 0.29) is 24.8 Å². The smallest absolute Gasteiger partial charge is 0.240 e. The van der Waals surface area contributed by atoms with Crippen molar-refractivity contribution in [3.63, 3.8) is 0 Å². The molecule has 0 atom stereocenters. The molecular weight excluding hydrogens is 410 g/mol. The van der Waals surface area contributed by atoms with E-state index in [1.54, 1.807) is 12.1 Å². The minimum Gasteiger partial charge on any atom is -0.350 e. The number of aryl methyl sites for hydroxylation is 1. The zero-order chi connectivity index (χ0) is 21.8. The molecule has 4 rings (SSSR count). The standard InChI is InChI=1S/C25H22ClN3O2/c1-17-6-10-19(11-7-17)22-14-25(31)29(23-5-3-2-4-21(23)28-22)16-24(30)27-15-18-8-12-20(26)13-9-18/h2-13H,14-16H2,1H3,(H,27,30). The number of halogens is 1. The van der Waals surface area contributed by atoms with E-state index in [2.05, 4.69) is 5.32 Å². The van der Waals surface area contributed by atoms with Gasteiger partial charge in [-0.1, -0.05) is 65.7 Å². The molecule has 0 spiro atoms. The summed E-state index contributed by atoms with van der Waals surface area (Å²) in [5, 5.41) is 3.52. The first kappa shape index (κ1) is 20.8. The van der Waals surface area contributed by atoms with Gasteiger partial charge in [-0.3, -0.25) is 14.6 Å². The summed E-state index contributed by atoms with van der Waals surface area (Å²) < 4.78 is 0. The van der Waals surface area contributed by atoms with Crippen molar-refractivity contribution < 1.29 is 9.59 Å². The summed E-state index contributed by atoms with van der Waals surface area (Å²) >= 11 is 5.90. The molecule has 1 aliphatic rings. The molecule has 0 bridgehead atoms. The monoisotopic (exact) mass is 431 g/mol. The summed E-state index contributed by atoms with van der Waals surface area (Å²) in [6.45, 7) is 2.31. The molecule has 0 aliphatic carbocycles. The number of anilines is 1. The van der Waals surface area contributed by atoms with Crippen molar-refractivity contribution in [2.24, 2.45) is 4.99 Å². The topological polar surface area (TPSA) is 61.8 Å². The number of carbonyl (C=O) groups is 2. The molecule has 0 unspecified atom stereocenters. The molecule has 1 N–H and O–H groups in total. The van der Waals surface area contributed by atoms with E-state index in [4.69, 9.17) is 16.6 Å². The lowest BCUT2D eigenvalue weighted by Crippen LogP contribution is -2.41. The highest BCUT2D eigenvalue weighted by atomic mass is 35.5. The highest BCUT2D eigenvalue weighted by molar-refractivity contribution is 6.30. The number of amides is 2. The number of benzene rings is 3. The number of nitrogens with one attached hydrogen (secondary N) is 1. The van der Waals surface area contributed by atoms with Crippen molar-refractivity contribution in [2.45, 2.75) is 19.9 Å². The lowest BCUT2D eigenvalue weighted by atomic mass is 10.1. The molecule has 0 radical (unpaired) electrons. The molecule has 1 heterocycles. The largest absolute Gasteiger partial charge is 0.350 e. The summed E-state index contributed by atoms with van der Waals surface area (Å²) in [4.78, 5) is 32.0. The zero-order valence-corrected chi connectivity index (χ0v) is 17.9. The Morgan fingerprint density at radius 3 is 2.48 bits per heavy atom. The normalized spacial score (nSPS) is 13.3. The van der Waals surface area contributed by atoms with E-state index in [0.29, 0.717) is 28.7 Å². The van der Waals surface area contributed by atoms with Crippen molar-refractivity contribution in [1.82, 2.24) is 5.32 Å². The lowest BCUT2D eigenvalue weighted by molar-refractivity contribution is -0.123. The number of rotatable bonds is 5. The number of para-hydroxylation sites is 2. The number of fused-ring (bicyclic) bond motifs is 1. The van der Waals surface area contributed by atoms with Gasteiger partial charge < -0.3 is 10.2 Å². The van der Waals surface area contributed by atoms with Crippen LogP contribution in [0.15, 0.2) is 77.8 Å². The van der Waals surface area contributed by atoms with Crippen molar-refractivity contribution in [3.8, 4) is 0 Å². The Hall–Kier alpha value is -3.44. The van der Waals surface area contributed by atoms with E-state index >= 15 is 0 Å². The van der Waals surface area contributed by atoms with Crippen LogP contribution in [0.3, 0.4) is 0 Å². The first-order chi connectivity index (χ1) is 15.0. The summed E-state index contributed by atoms with van der Waals surface area (Å²) in [7, 11) is 0. The number of carbonyl (C=O) groups excluding carboxylic acids is 2. The Kier molecular flexibility index (Phi) is 6.14. The average Bonchev–Trinajstić information content (AvgIpc) is 2.90. The Balaban J connectivity index is 1.53. The van der Waals surface area contributed by atoms with Crippen molar-refractivity contribution in [3.05, 3.63) is 94.5 Å². The highest BCUT2D eigenvalue weighted by Gasteiger charge is 2.26. The Labute approximate surface area is 186 Å². The van der Waals surface area contributed by atoms with Crippen LogP contribution in [-0.4, -0.2) is 24.1 Å². The van der Waals surface area contributed by atoms with E-state index in [0.717, 1.165) is 16.7 Å². The Morgan fingerprint density at radius 2 is 1.74 bits per heavy atom. The molecule has 0 fully saturated rings. The maximum Gasteiger partial charge on any atom is 0.240 e. The van der Waals surface area contributed by atoms with Gasteiger partial charge in [0.2, 0.25) is 11.8 Å². The third kappa shape index (κ3) is 5.01. The molecule has 1 aliphatic heterocycles. The molecular formula is C25H22ClN3O2. The predicted molar refractivity (Wildman–Crippen MR) is 124 cm³/mol. The fourth-order valence-corrected chi connectivity index (χ4v) is 3.56. The van der Waals surface area contributed by atoms with Crippen molar-refractivity contribution >= 4 is 40.5 Å². The van der Waals surface area contributed by atoms with Crippen LogP contribution in [0.2, 0.25) is 5.02 Å². The third-order valence-electron chi connectivity index (χ3n) is 5.14. The molecule has 3 aromatic rings. The van der Waals surface area contributed by atoms with Crippen LogP contribution in [0.25, 0.3) is 0 Å². The summed E-state index contributed by atoms with van der Waals surface area (Å²) in [6.07, 6.45) is 0.127. The van der Waals surface area contributed by atoms with Gasteiger partial charge in [-0.25, -0.2) is 0 Å². The predicted octanol–water partition coefficient (Wildman–Crippen LogP) is 4.82. The zero-order valence-electron chi connectivity index (χ0n) is 17.1. The van der Waals surface area contributed by atoms with E-state index in [1.165, 1.54) is 4.90 Å². The minimum absolute atomic E-state index is 0.0693.